The third-order valence-electron chi connectivity index (χ3n) is 2.91. The quantitative estimate of drug-likeness (QED) is 0.728. The van der Waals surface area contributed by atoms with E-state index in [0.29, 0.717) is 0 Å². The van der Waals surface area contributed by atoms with Crippen molar-refractivity contribution < 1.29 is 17.6 Å². The fourth-order valence-corrected chi connectivity index (χ4v) is 1.97. The van der Waals surface area contributed by atoms with Crippen LogP contribution in [0.15, 0.2) is 0 Å². The SMILES string of the molecule is CC1(C)CCC(NCC(F)(F)C(F)F)C1. The Balaban J connectivity index is 2.33. The van der Waals surface area contributed by atoms with Gasteiger partial charge in [-0.1, -0.05) is 13.8 Å². The lowest BCUT2D eigenvalue weighted by atomic mass is 9.92. The number of halogens is 4. The van der Waals surface area contributed by atoms with Gasteiger partial charge in [0.2, 0.25) is 0 Å². The maximum Gasteiger partial charge on any atom is 0.319 e. The zero-order valence-corrected chi connectivity index (χ0v) is 8.99. The monoisotopic (exact) mass is 227 g/mol. The maximum absolute atomic E-state index is 12.6. The molecule has 0 heterocycles. The van der Waals surface area contributed by atoms with Gasteiger partial charge in [-0.2, -0.15) is 8.78 Å². The van der Waals surface area contributed by atoms with Crippen LogP contribution in [0.2, 0.25) is 0 Å². The van der Waals surface area contributed by atoms with Crippen LogP contribution in [-0.4, -0.2) is 24.9 Å². The Morgan fingerprint density at radius 1 is 1.40 bits per heavy atom. The molecule has 1 aliphatic rings. The standard InChI is InChI=1S/C10H17F4N/c1-9(2)4-3-7(5-9)15-6-10(13,14)8(11)12/h7-8,15H,3-6H2,1-2H3. The molecular weight excluding hydrogens is 210 g/mol. The topological polar surface area (TPSA) is 12.0 Å². The Morgan fingerprint density at radius 3 is 2.40 bits per heavy atom. The summed E-state index contributed by atoms with van der Waals surface area (Å²) >= 11 is 0. The Labute approximate surface area is 87.2 Å². The predicted molar refractivity (Wildman–Crippen MR) is 50.4 cm³/mol. The smallest absolute Gasteiger partial charge is 0.308 e. The first-order valence-electron chi connectivity index (χ1n) is 5.12. The van der Waals surface area contributed by atoms with Crippen LogP contribution in [0.3, 0.4) is 0 Å². The Kier molecular flexibility index (Phi) is 3.63. The van der Waals surface area contributed by atoms with Crippen molar-refractivity contribution in [2.24, 2.45) is 5.41 Å². The van der Waals surface area contributed by atoms with Gasteiger partial charge in [-0.15, -0.1) is 0 Å². The summed E-state index contributed by atoms with van der Waals surface area (Å²) in [4.78, 5) is 0. The lowest BCUT2D eigenvalue weighted by molar-refractivity contribution is -0.126. The zero-order valence-electron chi connectivity index (χ0n) is 8.99. The molecule has 1 fully saturated rings. The maximum atomic E-state index is 12.6. The fraction of sp³-hybridized carbons (Fsp3) is 1.00. The molecular formula is C10H17F4N. The van der Waals surface area contributed by atoms with Crippen LogP contribution in [0.25, 0.3) is 0 Å². The van der Waals surface area contributed by atoms with Crippen LogP contribution in [0.5, 0.6) is 0 Å². The zero-order chi connectivity index (χ0) is 11.7. The molecule has 0 aromatic heterocycles. The van der Waals surface area contributed by atoms with E-state index >= 15 is 0 Å². The van der Waals surface area contributed by atoms with E-state index in [4.69, 9.17) is 0 Å². The summed E-state index contributed by atoms with van der Waals surface area (Å²) in [6.45, 7) is 3.19. The third kappa shape index (κ3) is 3.63. The van der Waals surface area contributed by atoms with Gasteiger partial charge in [-0.3, -0.25) is 0 Å². The summed E-state index contributed by atoms with van der Waals surface area (Å²) in [5, 5.41) is 2.53. The molecule has 0 radical (unpaired) electrons. The minimum absolute atomic E-state index is 0.0513. The highest BCUT2D eigenvalue weighted by Gasteiger charge is 2.41. The molecule has 1 unspecified atom stereocenters. The van der Waals surface area contributed by atoms with Crippen molar-refractivity contribution in [1.82, 2.24) is 5.32 Å². The first-order valence-corrected chi connectivity index (χ1v) is 5.12. The van der Waals surface area contributed by atoms with E-state index in [1.54, 1.807) is 0 Å². The molecule has 0 saturated heterocycles. The van der Waals surface area contributed by atoms with Crippen molar-refractivity contribution in [3.8, 4) is 0 Å². The lowest BCUT2D eigenvalue weighted by Gasteiger charge is -2.21. The molecule has 1 rings (SSSR count). The van der Waals surface area contributed by atoms with E-state index in [-0.39, 0.29) is 11.5 Å². The summed E-state index contributed by atoms with van der Waals surface area (Å²) < 4.78 is 48.9. The molecule has 5 heteroatoms. The van der Waals surface area contributed by atoms with Crippen molar-refractivity contribution in [2.45, 2.75) is 51.5 Å². The Bertz CT molecular complexity index is 215. The van der Waals surface area contributed by atoms with Crippen LogP contribution in [0.4, 0.5) is 17.6 Å². The molecule has 1 N–H and O–H groups in total. The largest absolute Gasteiger partial charge is 0.319 e. The van der Waals surface area contributed by atoms with E-state index < -0.39 is 18.9 Å². The molecule has 1 atom stereocenters. The summed E-state index contributed by atoms with van der Waals surface area (Å²) in [6.07, 6.45) is -1.08. The van der Waals surface area contributed by atoms with Gasteiger partial charge < -0.3 is 5.32 Å². The highest BCUT2D eigenvalue weighted by atomic mass is 19.3. The normalized spacial score (nSPS) is 26.2. The minimum Gasteiger partial charge on any atom is -0.308 e. The van der Waals surface area contributed by atoms with Gasteiger partial charge in [0.1, 0.15) is 0 Å². The molecule has 0 aliphatic heterocycles. The summed E-state index contributed by atoms with van der Waals surface area (Å²) in [5.41, 5.74) is 0.137. The summed E-state index contributed by atoms with van der Waals surface area (Å²) in [7, 11) is 0. The first-order chi connectivity index (χ1) is 6.73. The Morgan fingerprint density at radius 2 is 2.00 bits per heavy atom. The first kappa shape index (κ1) is 12.7. The molecule has 1 saturated carbocycles. The second kappa shape index (κ2) is 4.28. The lowest BCUT2D eigenvalue weighted by Crippen LogP contribution is -2.42. The predicted octanol–water partition coefficient (Wildman–Crippen LogP) is 3.06. The molecule has 90 valence electrons. The van der Waals surface area contributed by atoms with Crippen molar-refractivity contribution >= 4 is 0 Å². The minimum atomic E-state index is -3.91. The van der Waals surface area contributed by atoms with E-state index in [0.717, 1.165) is 19.3 Å². The highest BCUT2D eigenvalue weighted by molar-refractivity contribution is 4.87. The van der Waals surface area contributed by atoms with Gasteiger partial charge in [-0.25, -0.2) is 8.78 Å². The van der Waals surface area contributed by atoms with Crippen molar-refractivity contribution in [3.63, 3.8) is 0 Å². The van der Waals surface area contributed by atoms with E-state index in [1.807, 2.05) is 0 Å². The second-order valence-electron chi connectivity index (χ2n) is 5.05. The summed E-state index contributed by atoms with van der Waals surface area (Å²) in [5.74, 6) is -3.91. The van der Waals surface area contributed by atoms with E-state index in [9.17, 15) is 17.6 Å². The number of rotatable bonds is 4. The molecule has 0 bridgehead atoms. The van der Waals surface area contributed by atoms with E-state index in [1.165, 1.54) is 0 Å². The van der Waals surface area contributed by atoms with Gasteiger partial charge in [0.05, 0.1) is 6.54 Å². The number of nitrogens with one attached hydrogen (secondary N) is 1. The average Bonchev–Trinajstić information content (AvgIpc) is 2.42. The van der Waals surface area contributed by atoms with Crippen molar-refractivity contribution in [3.05, 3.63) is 0 Å². The van der Waals surface area contributed by atoms with Crippen LogP contribution in [-0.2, 0) is 0 Å². The molecule has 0 aromatic carbocycles. The van der Waals surface area contributed by atoms with Crippen molar-refractivity contribution in [1.29, 1.82) is 0 Å². The second-order valence-corrected chi connectivity index (χ2v) is 5.05. The van der Waals surface area contributed by atoms with Crippen molar-refractivity contribution in [2.75, 3.05) is 6.54 Å². The van der Waals surface area contributed by atoms with E-state index in [2.05, 4.69) is 19.2 Å². The van der Waals surface area contributed by atoms with Crippen LogP contribution < -0.4 is 5.32 Å². The molecule has 1 aliphatic carbocycles. The fourth-order valence-electron chi connectivity index (χ4n) is 1.97. The van der Waals surface area contributed by atoms with Gasteiger partial charge in [-0.05, 0) is 24.7 Å². The molecule has 15 heavy (non-hydrogen) atoms. The van der Waals surface area contributed by atoms with Crippen LogP contribution >= 0.6 is 0 Å². The highest BCUT2D eigenvalue weighted by Crippen LogP contribution is 2.37. The molecule has 0 aromatic rings. The summed E-state index contributed by atoms with van der Waals surface area (Å²) in [6, 6.07) is -0.0513. The molecule has 1 nitrogen and oxygen atoms in total. The number of alkyl halides is 4. The van der Waals surface area contributed by atoms with Crippen LogP contribution in [0.1, 0.15) is 33.1 Å². The third-order valence-corrected chi connectivity index (χ3v) is 2.91. The Hall–Kier alpha value is -0.320. The average molecular weight is 227 g/mol. The number of hydrogen-bond acceptors (Lipinski definition) is 1. The molecule has 0 spiro atoms. The molecule has 0 amide bonds. The van der Waals surface area contributed by atoms with Gasteiger partial charge >= 0.3 is 12.3 Å². The number of hydrogen-bond donors (Lipinski definition) is 1. The van der Waals surface area contributed by atoms with Gasteiger partial charge in [0.15, 0.2) is 0 Å². The van der Waals surface area contributed by atoms with Gasteiger partial charge in [0, 0.05) is 6.04 Å². The van der Waals surface area contributed by atoms with Gasteiger partial charge in [0.25, 0.3) is 0 Å². The van der Waals surface area contributed by atoms with Crippen LogP contribution in [0, 0.1) is 5.41 Å².